The van der Waals surface area contributed by atoms with Crippen molar-refractivity contribution in [2.45, 2.75) is 0 Å². The predicted molar refractivity (Wildman–Crippen MR) is 50.1 cm³/mol. The van der Waals surface area contributed by atoms with E-state index in [1.807, 2.05) is 0 Å². The molecule has 0 aromatic carbocycles. The van der Waals surface area contributed by atoms with Gasteiger partial charge in [0.15, 0.2) is 0 Å². The van der Waals surface area contributed by atoms with E-state index in [1.165, 1.54) is 0 Å². The minimum absolute atomic E-state index is 0. The van der Waals surface area contributed by atoms with Crippen LogP contribution in [0.3, 0.4) is 0 Å². The van der Waals surface area contributed by atoms with E-state index in [0.29, 0.717) is 0 Å². The number of nitrogens with two attached hydrogens (primary N) is 3. The van der Waals surface area contributed by atoms with Gasteiger partial charge in [-0.25, -0.2) is 0 Å². The van der Waals surface area contributed by atoms with Gasteiger partial charge in [0.2, 0.25) is 0 Å². The van der Waals surface area contributed by atoms with Crippen LogP contribution in [0.2, 0.25) is 0 Å². The van der Waals surface area contributed by atoms with Crippen molar-refractivity contribution in [3.8, 4) is 0 Å². The fourth-order valence-electron chi connectivity index (χ4n) is 0. The summed E-state index contributed by atoms with van der Waals surface area (Å²) in [6.07, 6.45) is 0. The van der Waals surface area contributed by atoms with Gasteiger partial charge in [-0.1, -0.05) is 0 Å². The van der Waals surface area contributed by atoms with Gasteiger partial charge in [0, 0.05) is 340 Å². The molecule has 0 saturated heterocycles. The summed E-state index contributed by atoms with van der Waals surface area (Å²) >= 11 is 0. The molecule has 0 heterocycles. The molecule has 0 unspecified atom stereocenters. The summed E-state index contributed by atoms with van der Waals surface area (Å²) in [5.41, 5.74) is 13.7. The first-order valence-corrected chi connectivity index (χ1v) is 3.57. The summed E-state index contributed by atoms with van der Waals surface area (Å²) in [4.78, 5) is 27.7. The Hall–Kier alpha value is 9.63. The molecule has 0 bridgehead atoms. The second-order valence-corrected chi connectivity index (χ2v) is 1.79. The summed E-state index contributed by atoms with van der Waals surface area (Å²) in [7, 11) is 0. The van der Waals surface area contributed by atoms with Gasteiger partial charge < -0.3 is 32.5 Å². The molecule has 9 N–H and O–H groups in total. The number of hydrogen-bond acceptors (Lipinski definition) is 6. The SMILES string of the molecule is NCC(=O)O.NCC(=O)O.NCC(=O)O.[Ar].[Ar].[Ar].[Ar].[Ar].[Ar].[Ar].[Ar].[Ar]. The van der Waals surface area contributed by atoms with Gasteiger partial charge in [-0.15, -0.1) is 0 Å². The van der Waals surface area contributed by atoms with Crippen LogP contribution in [0.25, 0.3) is 0 Å². The fraction of sp³-hybridized carbons (Fsp3) is 0.500. The molecule has 0 atom stereocenters. The molecular weight excluding hydrogens is 570 g/mol. The van der Waals surface area contributed by atoms with Crippen molar-refractivity contribution < 1.29 is 369 Å². The average Bonchev–Trinajstić information content (AvgIpc) is 2.19. The second-order valence-electron chi connectivity index (χ2n) is 1.79. The molecular formula is C6H15Ar9N3O6. The molecule has 162 valence electrons. The Morgan fingerprint density at radius 1 is 0.458 bits per heavy atom. The maximum Gasteiger partial charge on any atom is 0.317 e. The van der Waals surface area contributed by atoms with Crippen LogP contribution in [0, 0.1) is 340 Å². The second kappa shape index (κ2) is 69.8. The molecule has 24 heavy (non-hydrogen) atoms. The average molecular weight is 585 g/mol. The molecule has 0 spiro atoms. The monoisotopic (exact) mass is 585 g/mol. The molecule has 0 aromatic rings. The van der Waals surface area contributed by atoms with Crippen molar-refractivity contribution in [2.75, 3.05) is 19.6 Å². The Balaban J connectivity index is -0.00000000758. The molecule has 0 aliphatic rings. The van der Waals surface area contributed by atoms with Gasteiger partial charge in [-0.3, -0.25) is 14.4 Å². The van der Waals surface area contributed by atoms with Gasteiger partial charge >= 0.3 is 17.9 Å². The van der Waals surface area contributed by atoms with E-state index in [-0.39, 0.29) is 359 Å². The molecule has 9 nitrogen and oxygen atoms in total. The van der Waals surface area contributed by atoms with Gasteiger partial charge in [0.1, 0.15) is 0 Å². The molecule has 0 rings (SSSR count). The summed E-state index contributed by atoms with van der Waals surface area (Å²) in [6.45, 7) is -0.833. The maximum absolute atomic E-state index is 9.24. The van der Waals surface area contributed by atoms with Crippen molar-refractivity contribution in [2.24, 2.45) is 17.2 Å². The Morgan fingerprint density at radius 2 is 0.500 bits per heavy atom. The third kappa shape index (κ3) is 121. The van der Waals surface area contributed by atoms with Crippen LogP contribution in [0.1, 0.15) is 0 Å². The van der Waals surface area contributed by atoms with E-state index in [2.05, 4.69) is 17.2 Å². The predicted octanol–water partition coefficient (Wildman–Crippen LogP) is -2.91. The summed E-state index contributed by atoms with van der Waals surface area (Å²) in [5, 5.41) is 22.8. The van der Waals surface area contributed by atoms with E-state index in [1.54, 1.807) is 0 Å². The standard InChI is InChI=1S/3C2H5NO2.9Ar/c3*3-1-2(4)5;;;;;;;;;/h3*1,3H2,(H,4,5);;;;;;;;;. The molecule has 0 aromatic heterocycles. The third-order valence-electron chi connectivity index (χ3n) is 0.524. The third-order valence-corrected chi connectivity index (χ3v) is 0.524. The first-order valence-electron chi connectivity index (χ1n) is 3.57. The molecule has 0 aliphatic carbocycles. The molecule has 0 fully saturated rings. The van der Waals surface area contributed by atoms with Crippen LogP contribution in [0.4, 0.5) is 0 Å². The zero-order valence-corrected chi connectivity index (χ0v) is 17.5. The van der Waals surface area contributed by atoms with Crippen molar-refractivity contribution in [1.82, 2.24) is 0 Å². The Labute approximate surface area is 411 Å². The van der Waals surface area contributed by atoms with Crippen molar-refractivity contribution in [3.63, 3.8) is 0 Å². The summed E-state index contributed by atoms with van der Waals surface area (Å²) in [6, 6.07) is 0. The van der Waals surface area contributed by atoms with Crippen molar-refractivity contribution in [3.05, 3.63) is 0 Å². The van der Waals surface area contributed by atoms with E-state index in [0.717, 1.165) is 0 Å². The summed E-state index contributed by atoms with van der Waals surface area (Å²) in [5.74, 6) is -2.90. The van der Waals surface area contributed by atoms with Crippen LogP contribution in [0.5, 0.6) is 0 Å². The van der Waals surface area contributed by atoms with Crippen molar-refractivity contribution >= 4 is 17.9 Å². The van der Waals surface area contributed by atoms with Gasteiger partial charge in [0.25, 0.3) is 0 Å². The van der Waals surface area contributed by atoms with Crippen molar-refractivity contribution in [1.29, 1.82) is 0 Å². The minimum Gasteiger partial charge on any atom is -0.480 e. The van der Waals surface area contributed by atoms with Gasteiger partial charge in [0.05, 0.1) is 19.6 Å². The Morgan fingerprint density at radius 3 is 0.500 bits per heavy atom. The van der Waals surface area contributed by atoms with Crippen LogP contribution in [-0.4, -0.2) is 52.9 Å². The molecule has 18 heteroatoms. The first-order chi connectivity index (χ1) is 6.81. The van der Waals surface area contributed by atoms with Gasteiger partial charge in [-0.05, 0) is 0 Å². The quantitative estimate of drug-likeness (QED) is 0.202. The number of carboxylic acid groups (broad SMARTS) is 3. The van der Waals surface area contributed by atoms with E-state index >= 15 is 0 Å². The topological polar surface area (TPSA) is 190 Å². The molecule has 0 saturated carbocycles. The molecule has 0 amide bonds. The van der Waals surface area contributed by atoms with E-state index < -0.39 is 17.9 Å². The van der Waals surface area contributed by atoms with Gasteiger partial charge in [-0.2, -0.15) is 0 Å². The van der Waals surface area contributed by atoms with Crippen LogP contribution >= 0.6 is 0 Å². The van der Waals surface area contributed by atoms with Crippen LogP contribution in [-0.2, 0) is 14.4 Å². The van der Waals surface area contributed by atoms with E-state index in [9.17, 15) is 14.4 Å². The maximum atomic E-state index is 9.24. The van der Waals surface area contributed by atoms with Crippen LogP contribution < -0.4 is 17.2 Å². The number of carbonyl (C=O) groups is 3. The Bertz CT molecular complexity index is 185. The van der Waals surface area contributed by atoms with E-state index in [4.69, 9.17) is 15.3 Å². The minimum atomic E-state index is -0.968. The molecule has 0 aliphatic heterocycles. The summed E-state index contributed by atoms with van der Waals surface area (Å²) < 4.78 is 0. The smallest absolute Gasteiger partial charge is 0.317 e. The number of carboxylic acids is 3. The first kappa shape index (κ1) is 76.5. The number of hydrogen-bond donors (Lipinski definition) is 6. The zero-order chi connectivity index (χ0) is 12.9. The molecule has 0 radical (unpaired) electrons. The Kier molecular flexibility index (Phi) is 223. The fourth-order valence-corrected chi connectivity index (χ4v) is 0. The normalized spacial score (nSPS) is 4.62. The number of aliphatic carboxylic acids is 3. The largest absolute Gasteiger partial charge is 0.480 e. The number of rotatable bonds is 3. The zero-order valence-electron chi connectivity index (χ0n) is 11.1. The van der Waals surface area contributed by atoms with Crippen LogP contribution in [0.15, 0.2) is 0 Å².